The van der Waals surface area contributed by atoms with E-state index in [-0.39, 0.29) is 17.9 Å². The first-order valence-corrected chi connectivity index (χ1v) is 5.11. The maximum Gasteiger partial charge on any atom is 0.319 e. The molecule has 1 aromatic rings. The number of nitro benzene ring substituents is 1. The topological polar surface area (TPSA) is 125 Å². The van der Waals surface area contributed by atoms with Crippen molar-refractivity contribution < 1.29 is 19.9 Å². The fourth-order valence-corrected chi connectivity index (χ4v) is 1.15. The van der Waals surface area contributed by atoms with E-state index in [2.05, 4.69) is 10.6 Å². The van der Waals surface area contributed by atoms with E-state index in [0.29, 0.717) is 0 Å². The van der Waals surface area contributed by atoms with E-state index in [0.717, 1.165) is 0 Å². The maximum atomic E-state index is 11.3. The Labute approximate surface area is 102 Å². The van der Waals surface area contributed by atoms with E-state index < -0.39 is 23.7 Å². The van der Waals surface area contributed by atoms with Crippen molar-refractivity contribution in [3.63, 3.8) is 0 Å². The van der Waals surface area contributed by atoms with Crippen LogP contribution in [0, 0.1) is 10.1 Å². The van der Waals surface area contributed by atoms with E-state index in [1.165, 1.54) is 24.3 Å². The molecule has 18 heavy (non-hydrogen) atoms. The first-order valence-electron chi connectivity index (χ1n) is 5.11. The van der Waals surface area contributed by atoms with Gasteiger partial charge in [0.05, 0.1) is 17.6 Å². The molecule has 0 saturated heterocycles. The van der Waals surface area contributed by atoms with E-state index in [4.69, 9.17) is 10.2 Å². The predicted molar refractivity (Wildman–Crippen MR) is 63.2 cm³/mol. The Morgan fingerprint density at radius 1 is 1.50 bits per heavy atom. The number of non-ortho nitro benzene ring substituents is 1. The largest absolute Gasteiger partial charge is 0.394 e. The van der Waals surface area contributed by atoms with Gasteiger partial charge in [0.1, 0.15) is 0 Å². The zero-order valence-corrected chi connectivity index (χ0v) is 9.37. The van der Waals surface area contributed by atoms with Crippen LogP contribution in [-0.4, -0.2) is 40.4 Å². The lowest BCUT2D eigenvalue weighted by molar-refractivity contribution is -0.384. The van der Waals surface area contributed by atoms with Crippen LogP contribution in [0.5, 0.6) is 0 Å². The number of rotatable bonds is 5. The van der Waals surface area contributed by atoms with Crippen molar-refractivity contribution in [2.75, 3.05) is 18.5 Å². The average Bonchev–Trinajstić information content (AvgIpc) is 2.36. The fourth-order valence-electron chi connectivity index (χ4n) is 1.15. The molecule has 1 unspecified atom stereocenters. The van der Waals surface area contributed by atoms with Gasteiger partial charge in [-0.1, -0.05) is 6.07 Å². The van der Waals surface area contributed by atoms with E-state index in [1.54, 1.807) is 0 Å². The lowest BCUT2D eigenvalue weighted by Crippen LogP contribution is -2.36. The lowest BCUT2D eigenvalue weighted by atomic mass is 10.3. The molecule has 8 heteroatoms. The van der Waals surface area contributed by atoms with Crippen molar-refractivity contribution >= 4 is 17.4 Å². The van der Waals surface area contributed by atoms with Gasteiger partial charge in [-0.25, -0.2) is 4.79 Å². The lowest BCUT2D eigenvalue weighted by Gasteiger charge is -2.10. The number of nitro groups is 1. The highest BCUT2D eigenvalue weighted by Crippen LogP contribution is 2.16. The standard InChI is InChI=1S/C10H13N3O5/c14-6-9(15)5-11-10(16)12-7-2-1-3-8(4-7)13(17)18/h1-4,9,14-15H,5-6H2,(H2,11,12,16). The summed E-state index contributed by atoms with van der Waals surface area (Å²) >= 11 is 0. The number of anilines is 1. The summed E-state index contributed by atoms with van der Waals surface area (Å²) in [5.41, 5.74) is 0.128. The summed E-state index contributed by atoms with van der Waals surface area (Å²) in [5, 5.41) is 32.7. The highest BCUT2D eigenvalue weighted by molar-refractivity contribution is 5.89. The van der Waals surface area contributed by atoms with Crippen molar-refractivity contribution in [1.82, 2.24) is 5.32 Å². The Morgan fingerprint density at radius 2 is 2.22 bits per heavy atom. The molecule has 0 aliphatic rings. The number of nitrogens with one attached hydrogen (secondary N) is 2. The summed E-state index contributed by atoms with van der Waals surface area (Å²) in [5.74, 6) is 0. The summed E-state index contributed by atoms with van der Waals surface area (Å²) in [6.45, 7) is -0.575. The Kier molecular flexibility index (Phi) is 5.03. The van der Waals surface area contributed by atoms with Crippen LogP contribution in [0.25, 0.3) is 0 Å². The molecule has 1 rings (SSSR count). The molecule has 0 heterocycles. The zero-order valence-electron chi connectivity index (χ0n) is 9.37. The van der Waals surface area contributed by atoms with Crippen LogP contribution in [0.2, 0.25) is 0 Å². The van der Waals surface area contributed by atoms with Crippen molar-refractivity contribution in [2.45, 2.75) is 6.10 Å². The first kappa shape index (κ1) is 13.9. The third-order valence-corrected chi connectivity index (χ3v) is 2.02. The van der Waals surface area contributed by atoms with E-state index in [9.17, 15) is 14.9 Å². The highest BCUT2D eigenvalue weighted by Gasteiger charge is 2.09. The molecule has 98 valence electrons. The normalized spacial score (nSPS) is 11.7. The summed E-state index contributed by atoms with van der Waals surface area (Å²) in [6.07, 6.45) is -1.04. The summed E-state index contributed by atoms with van der Waals surface area (Å²) in [6, 6.07) is 4.83. The van der Waals surface area contributed by atoms with Gasteiger partial charge in [-0.15, -0.1) is 0 Å². The number of urea groups is 1. The van der Waals surface area contributed by atoms with Gasteiger partial charge in [-0.2, -0.15) is 0 Å². The van der Waals surface area contributed by atoms with Crippen LogP contribution in [0.4, 0.5) is 16.2 Å². The number of carbonyl (C=O) groups excluding carboxylic acids is 1. The molecule has 1 atom stereocenters. The zero-order chi connectivity index (χ0) is 13.5. The highest BCUT2D eigenvalue weighted by atomic mass is 16.6. The number of aliphatic hydroxyl groups excluding tert-OH is 2. The average molecular weight is 255 g/mol. The molecule has 8 nitrogen and oxygen atoms in total. The van der Waals surface area contributed by atoms with Gasteiger partial charge >= 0.3 is 6.03 Å². The van der Waals surface area contributed by atoms with Crippen LogP contribution in [0.15, 0.2) is 24.3 Å². The van der Waals surface area contributed by atoms with Gasteiger partial charge in [-0.3, -0.25) is 10.1 Å². The van der Waals surface area contributed by atoms with Gasteiger partial charge in [-0.05, 0) is 6.07 Å². The Bertz CT molecular complexity index is 437. The van der Waals surface area contributed by atoms with Crippen molar-refractivity contribution in [1.29, 1.82) is 0 Å². The molecule has 4 N–H and O–H groups in total. The second-order valence-corrected chi connectivity index (χ2v) is 3.48. The van der Waals surface area contributed by atoms with E-state index >= 15 is 0 Å². The molecule has 0 bridgehead atoms. The number of benzene rings is 1. The number of carbonyl (C=O) groups is 1. The minimum Gasteiger partial charge on any atom is -0.394 e. The van der Waals surface area contributed by atoms with Crippen molar-refractivity contribution in [3.05, 3.63) is 34.4 Å². The number of hydrogen-bond acceptors (Lipinski definition) is 5. The quantitative estimate of drug-likeness (QED) is 0.437. The smallest absolute Gasteiger partial charge is 0.319 e. The summed E-state index contributed by atoms with van der Waals surface area (Å²) < 4.78 is 0. The molecule has 0 aliphatic heterocycles. The maximum absolute atomic E-state index is 11.3. The third-order valence-electron chi connectivity index (χ3n) is 2.02. The molecular formula is C10H13N3O5. The third kappa shape index (κ3) is 4.36. The number of amides is 2. The van der Waals surface area contributed by atoms with Crippen molar-refractivity contribution in [2.24, 2.45) is 0 Å². The van der Waals surface area contributed by atoms with Gasteiger partial charge in [0, 0.05) is 24.4 Å². The monoisotopic (exact) mass is 255 g/mol. The fraction of sp³-hybridized carbons (Fsp3) is 0.300. The molecule has 0 aliphatic carbocycles. The molecule has 0 radical (unpaired) electrons. The van der Waals surface area contributed by atoms with Gasteiger partial charge in [0.2, 0.25) is 0 Å². The molecule has 1 aromatic carbocycles. The molecule has 0 fully saturated rings. The number of aliphatic hydroxyl groups is 2. The second kappa shape index (κ2) is 6.52. The van der Waals surface area contributed by atoms with Crippen LogP contribution < -0.4 is 10.6 Å². The van der Waals surface area contributed by atoms with Crippen molar-refractivity contribution in [3.8, 4) is 0 Å². The number of hydrogen-bond donors (Lipinski definition) is 4. The molecule has 0 aromatic heterocycles. The van der Waals surface area contributed by atoms with Crippen LogP contribution >= 0.6 is 0 Å². The Hall–Kier alpha value is -2.19. The summed E-state index contributed by atoms with van der Waals surface area (Å²) in [4.78, 5) is 21.3. The Balaban J connectivity index is 2.54. The van der Waals surface area contributed by atoms with Crippen LogP contribution in [-0.2, 0) is 0 Å². The second-order valence-electron chi connectivity index (χ2n) is 3.48. The van der Waals surface area contributed by atoms with E-state index in [1.807, 2.05) is 0 Å². The molecule has 0 saturated carbocycles. The van der Waals surface area contributed by atoms with Gasteiger partial charge < -0.3 is 20.8 Å². The van der Waals surface area contributed by atoms with Crippen LogP contribution in [0.1, 0.15) is 0 Å². The molecule has 2 amide bonds. The molecule has 0 spiro atoms. The van der Waals surface area contributed by atoms with Crippen LogP contribution in [0.3, 0.4) is 0 Å². The minimum atomic E-state index is -1.04. The summed E-state index contributed by atoms with van der Waals surface area (Å²) in [7, 11) is 0. The minimum absolute atomic E-state index is 0.114. The SMILES string of the molecule is O=C(NCC(O)CO)Nc1cccc([N+](=O)[O-])c1. The first-order chi connectivity index (χ1) is 8.52. The predicted octanol–water partition coefficient (Wildman–Crippen LogP) is 0.0695. The Morgan fingerprint density at radius 3 is 2.83 bits per heavy atom. The van der Waals surface area contributed by atoms with Gasteiger partial charge in [0.25, 0.3) is 5.69 Å². The molecular weight excluding hydrogens is 242 g/mol. The number of nitrogens with zero attached hydrogens (tertiary/aromatic N) is 1. The van der Waals surface area contributed by atoms with Gasteiger partial charge in [0.15, 0.2) is 0 Å².